The Kier molecular flexibility index (Phi) is 4.86. The van der Waals surface area contributed by atoms with Crippen molar-refractivity contribution in [1.29, 1.82) is 0 Å². The first kappa shape index (κ1) is 14.8. The summed E-state index contributed by atoms with van der Waals surface area (Å²) in [5.74, 6) is 2.25. The van der Waals surface area contributed by atoms with Gasteiger partial charge in [0, 0.05) is 39.9 Å². The van der Waals surface area contributed by atoms with Crippen molar-refractivity contribution in [3.63, 3.8) is 0 Å². The number of ether oxygens (including phenoxy) is 2. The number of fused-ring (bicyclic) bond motifs is 1. The molecule has 0 bridgehead atoms. The Morgan fingerprint density at radius 3 is 2.68 bits per heavy atom. The summed E-state index contributed by atoms with van der Waals surface area (Å²) in [7, 11) is 1.26. The summed E-state index contributed by atoms with van der Waals surface area (Å²) < 4.78 is 23.0. The van der Waals surface area contributed by atoms with Crippen LogP contribution in [0.2, 0.25) is 0 Å². The predicted molar refractivity (Wildman–Crippen MR) is 80.1 cm³/mol. The van der Waals surface area contributed by atoms with Gasteiger partial charge in [0.05, 0.1) is 0 Å². The highest BCUT2D eigenvalue weighted by Crippen LogP contribution is 2.37. The highest BCUT2D eigenvalue weighted by molar-refractivity contribution is 9.10. The third kappa shape index (κ3) is 3.70. The van der Waals surface area contributed by atoms with Crippen LogP contribution in [0.5, 0.6) is 11.5 Å². The summed E-state index contributed by atoms with van der Waals surface area (Å²) in [6, 6.07) is 4.20. The third-order valence-corrected chi connectivity index (χ3v) is 4.88. The van der Waals surface area contributed by atoms with Crippen molar-refractivity contribution >= 4 is 26.7 Å². The number of rotatable bonds is 5. The first-order valence-electron chi connectivity index (χ1n) is 6.05. The molecule has 19 heavy (non-hydrogen) atoms. The molecular formula is C13H18BrNO3S. The number of benzene rings is 1. The molecule has 1 heterocycles. The van der Waals surface area contributed by atoms with E-state index >= 15 is 0 Å². The fraction of sp³-hybridized carbons (Fsp3) is 0.538. The minimum Gasteiger partial charge on any atom is -0.454 e. The molecule has 6 heteroatoms. The van der Waals surface area contributed by atoms with Crippen molar-refractivity contribution in [2.75, 3.05) is 25.8 Å². The van der Waals surface area contributed by atoms with E-state index in [0.717, 1.165) is 28.1 Å². The summed E-state index contributed by atoms with van der Waals surface area (Å²) in [6.45, 7) is 3.14. The van der Waals surface area contributed by atoms with Gasteiger partial charge in [-0.1, -0.05) is 15.9 Å². The van der Waals surface area contributed by atoms with Crippen molar-refractivity contribution in [1.82, 2.24) is 4.90 Å². The zero-order chi connectivity index (χ0) is 14.0. The molecule has 0 fully saturated rings. The monoisotopic (exact) mass is 347 g/mol. The van der Waals surface area contributed by atoms with E-state index in [1.807, 2.05) is 19.2 Å². The fourth-order valence-corrected chi connectivity index (χ4v) is 3.35. The third-order valence-electron chi connectivity index (χ3n) is 3.19. The Morgan fingerprint density at radius 2 is 2.05 bits per heavy atom. The molecular weight excluding hydrogens is 330 g/mol. The van der Waals surface area contributed by atoms with Crippen molar-refractivity contribution in [3.8, 4) is 11.5 Å². The summed E-state index contributed by atoms with van der Waals surface area (Å²) in [6.07, 6.45) is 1.74. The lowest BCUT2D eigenvalue weighted by molar-refractivity contribution is 0.174. The van der Waals surface area contributed by atoms with Gasteiger partial charge in [-0.05, 0) is 31.7 Å². The predicted octanol–water partition coefficient (Wildman–Crippen LogP) is 2.38. The van der Waals surface area contributed by atoms with Crippen molar-refractivity contribution in [2.45, 2.75) is 19.5 Å². The maximum Gasteiger partial charge on any atom is 0.231 e. The molecule has 0 radical (unpaired) electrons. The molecule has 0 aliphatic carbocycles. The maximum absolute atomic E-state index is 11.3. The molecule has 2 rings (SSSR count). The van der Waals surface area contributed by atoms with E-state index < -0.39 is 10.8 Å². The van der Waals surface area contributed by atoms with E-state index in [2.05, 4.69) is 27.8 Å². The largest absolute Gasteiger partial charge is 0.454 e. The number of nitrogens with zero attached hydrogens (tertiary/aromatic N) is 1. The van der Waals surface area contributed by atoms with Crippen LogP contribution in [-0.2, 0) is 17.3 Å². The van der Waals surface area contributed by atoms with Crippen LogP contribution >= 0.6 is 15.9 Å². The van der Waals surface area contributed by atoms with E-state index in [1.54, 1.807) is 6.26 Å². The molecule has 1 aliphatic heterocycles. The molecule has 4 nitrogen and oxygen atoms in total. The van der Waals surface area contributed by atoms with E-state index in [1.165, 1.54) is 0 Å². The molecule has 0 amide bonds. The van der Waals surface area contributed by atoms with E-state index in [0.29, 0.717) is 5.75 Å². The number of hydrogen-bond acceptors (Lipinski definition) is 4. The van der Waals surface area contributed by atoms with Crippen LogP contribution in [0.1, 0.15) is 12.5 Å². The molecule has 0 unspecified atom stereocenters. The van der Waals surface area contributed by atoms with Gasteiger partial charge in [0.2, 0.25) is 6.79 Å². The van der Waals surface area contributed by atoms with Gasteiger partial charge in [0.1, 0.15) is 0 Å². The standard InChI is InChI=1S/C13H18BrNO3S/c1-9(7-19(3)16)15(2)6-10-4-12-13(5-11(10)14)18-8-17-12/h4-5,9H,6-8H2,1-3H3/t9-,19-/m1/s1. The van der Waals surface area contributed by atoms with Gasteiger partial charge >= 0.3 is 0 Å². The van der Waals surface area contributed by atoms with E-state index in [-0.39, 0.29) is 12.8 Å². The highest BCUT2D eigenvalue weighted by atomic mass is 79.9. The van der Waals surface area contributed by atoms with Gasteiger partial charge in [-0.15, -0.1) is 0 Å². The molecule has 0 saturated heterocycles. The van der Waals surface area contributed by atoms with Crippen molar-refractivity contribution in [3.05, 3.63) is 22.2 Å². The Hall–Kier alpha value is -0.590. The van der Waals surface area contributed by atoms with Gasteiger partial charge in [-0.2, -0.15) is 0 Å². The van der Waals surface area contributed by atoms with Crippen LogP contribution in [0.15, 0.2) is 16.6 Å². The van der Waals surface area contributed by atoms with Gasteiger partial charge in [-0.3, -0.25) is 9.11 Å². The van der Waals surface area contributed by atoms with E-state index in [9.17, 15) is 4.21 Å². The lowest BCUT2D eigenvalue weighted by atomic mass is 10.1. The minimum absolute atomic E-state index is 0.267. The zero-order valence-electron chi connectivity index (χ0n) is 11.3. The van der Waals surface area contributed by atoms with E-state index in [4.69, 9.17) is 9.47 Å². The number of hydrogen-bond donors (Lipinski definition) is 0. The molecule has 106 valence electrons. The summed E-state index contributed by atoms with van der Waals surface area (Å²) in [5, 5.41) is 0. The first-order valence-corrected chi connectivity index (χ1v) is 8.57. The lowest BCUT2D eigenvalue weighted by Crippen LogP contribution is -2.33. The summed E-state index contributed by atoms with van der Waals surface area (Å²) in [4.78, 5) is 2.18. The topological polar surface area (TPSA) is 38.8 Å². The highest BCUT2D eigenvalue weighted by Gasteiger charge is 2.18. The minimum atomic E-state index is -0.777. The van der Waals surface area contributed by atoms with Crippen LogP contribution in [0.25, 0.3) is 0 Å². The normalized spacial score (nSPS) is 16.7. The summed E-state index contributed by atoms with van der Waals surface area (Å²) >= 11 is 3.56. The average Bonchev–Trinajstić information content (AvgIpc) is 2.75. The molecule has 0 aromatic heterocycles. The van der Waals surface area contributed by atoms with Crippen LogP contribution < -0.4 is 9.47 Å². The Balaban J connectivity index is 2.08. The molecule has 1 aromatic carbocycles. The fourth-order valence-electron chi connectivity index (χ4n) is 1.97. The first-order chi connectivity index (χ1) is 8.97. The van der Waals surface area contributed by atoms with Crippen LogP contribution in [0.3, 0.4) is 0 Å². The van der Waals surface area contributed by atoms with Gasteiger partial charge in [0.15, 0.2) is 11.5 Å². The molecule has 0 N–H and O–H groups in total. The molecule has 1 aromatic rings. The zero-order valence-corrected chi connectivity index (χ0v) is 13.7. The molecule has 2 atom stereocenters. The van der Waals surface area contributed by atoms with Crippen LogP contribution in [0.4, 0.5) is 0 Å². The molecule has 0 saturated carbocycles. The summed E-state index contributed by atoms with van der Waals surface area (Å²) in [5.41, 5.74) is 1.14. The lowest BCUT2D eigenvalue weighted by Gasteiger charge is -2.24. The average molecular weight is 348 g/mol. The number of halogens is 1. The van der Waals surface area contributed by atoms with Crippen LogP contribution in [-0.4, -0.2) is 41.0 Å². The maximum atomic E-state index is 11.3. The Labute approximate surface area is 124 Å². The Bertz CT molecular complexity index is 495. The molecule has 0 spiro atoms. The molecule has 1 aliphatic rings. The van der Waals surface area contributed by atoms with Crippen molar-refractivity contribution < 1.29 is 13.7 Å². The second-order valence-corrected chi connectivity index (χ2v) is 7.13. The van der Waals surface area contributed by atoms with Gasteiger partial charge < -0.3 is 9.47 Å². The smallest absolute Gasteiger partial charge is 0.231 e. The van der Waals surface area contributed by atoms with Crippen LogP contribution in [0, 0.1) is 0 Å². The second kappa shape index (κ2) is 6.24. The van der Waals surface area contributed by atoms with Gasteiger partial charge in [-0.25, -0.2) is 0 Å². The van der Waals surface area contributed by atoms with Gasteiger partial charge in [0.25, 0.3) is 0 Å². The van der Waals surface area contributed by atoms with Crippen molar-refractivity contribution in [2.24, 2.45) is 0 Å². The Morgan fingerprint density at radius 1 is 1.42 bits per heavy atom. The quantitative estimate of drug-likeness (QED) is 0.819. The second-order valence-electron chi connectivity index (χ2n) is 4.80. The SMILES string of the molecule is C[C@H](C[S@@](C)=O)N(C)Cc1cc2c(cc1Br)OCO2.